The van der Waals surface area contributed by atoms with E-state index in [9.17, 15) is 0 Å². The molecule has 0 spiro atoms. The van der Waals surface area contributed by atoms with Crippen LogP contribution in [0.1, 0.15) is 30.0 Å². The molecule has 1 aromatic heterocycles. The van der Waals surface area contributed by atoms with Gasteiger partial charge in [0.05, 0.1) is 17.7 Å². The van der Waals surface area contributed by atoms with Crippen molar-refractivity contribution in [2.45, 2.75) is 35.9 Å². The number of rotatable bonds is 3. The average molecular weight is 257 g/mol. The van der Waals surface area contributed by atoms with Crippen LogP contribution >= 0.6 is 11.8 Å². The SMILES string of the molecule is Cc1cc(C#N)ccc1Sc1nnnn1C1CC1. The van der Waals surface area contributed by atoms with Crippen LogP contribution in [0, 0.1) is 18.3 Å². The summed E-state index contributed by atoms with van der Waals surface area (Å²) >= 11 is 1.55. The number of hydrogen-bond donors (Lipinski definition) is 0. The van der Waals surface area contributed by atoms with Crippen molar-refractivity contribution in [3.63, 3.8) is 0 Å². The summed E-state index contributed by atoms with van der Waals surface area (Å²) in [5.41, 5.74) is 1.75. The molecule has 0 atom stereocenters. The van der Waals surface area contributed by atoms with E-state index in [1.165, 1.54) is 0 Å². The third-order valence-corrected chi connectivity index (χ3v) is 3.99. The predicted molar refractivity (Wildman–Crippen MR) is 66.1 cm³/mol. The first-order valence-electron chi connectivity index (χ1n) is 5.74. The van der Waals surface area contributed by atoms with Crippen molar-refractivity contribution < 1.29 is 0 Å². The van der Waals surface area contributed by atoms with Gasteiger partial charge in [0.15, 0.2) is 0 Å². The van der Waals surface area contributed by atoms with E-state index in [4.69, 9.17) is 5.26 Å². The smallest absolute Gasteiger partial charge is 0.214 e. The first kappa shape index (κ1) is 11.2. The molecule has 0 bridgehead atoms. The lowest BCUT2D eigenvalue weighted by Gasteiger charge is -2.05. The molecule has 1 aliphatic rings. The van der Waals surface area contributed by atoms with Gasteiger partial charge in [-0.3, -0.25) is 0 Å². The molecule has 18 heavy (non-hydrogen) atoms. The first-order valence-corrected chi connectivity index (χ1v) is 6.56. The number of tetrazole rings is 1. The first-order chi connectivity index (χ1) is 8.78. The predicted octanol–water partition coefficient (Wildman–Crippen LogP) is 2.34. The Balaban J connectivity index is 1.88. The maximum atomic E-state index is 8.84. The third kappa shape index (κ3) is 2.09. The van der Waals surface area contributed by atoms with Crippen LogP contribution in [0.25, 0.3) is 0 Å². The van der Waals surface area contributed by atoms with Crippen molar-refractivity contribution in [2.24, 2.45) is 0 Å². The molecule has 1 saturated carbocycles. The van der Waals surface area contributed by atoms with Crippen LogP contribution < -0.4 is 0 Å². The Labute approximate surface area is 109 Å². The van der Waals surface area contributed by atoms with Gasteiger partial charge in [-0.2, -0.15) is 5.26 Å². The minimum absolute atomic E-state index is 0.473. The number of aryl methyl sites for hydroxylation is 1. The van der Waals surface area contributed by atoms with E-state index < -0.39 is 0 Å². The van der Waals surface area contributed by atoms with Crippen molar-refractivity contribution in [3.8, 4) is 6.07 Å². The van der Waals surface area contributed by atoms with Crippen molar-refractivity contribution in [1.29, 1.82) is 5.26 Å². The molecule has 1 fully saturated rings. The quantitative estimate of drug-likeness (QED) is 0.844. The number of aromatic nitrogens is 4. The lowest BCUT2D eigenvalue weighted by molar-refractivity contribution is 0.565. The summed E-state index contributed by atoms with van der Waals surface area (Å²) in [5, 5.41) is 21.5. The Kier molecular flexibility index (Phi) is 2.76. The standard InChI is InChI=1S/C12H11N5S/c1-8-6-9(7-13)2-5-11(8)18-12-14-15-16-17(12)10-3-4-10/h2,5-6,10H,3-4H2,1H3. The number of nitriles is 1. The molecule has 1 aromatic carbocycles. The second kappa shape index (κ2) is 4.42. The summed E-state index contributed by atoms with van der Waals surface area (Å²) in [6.45, 7) is 1.99. The largest absolute Gasteiger partial charge is 0.217 e. The fourth-order valence-corrected chi connectivity index (χ4v) is 2.64. The van der Waals surface area contributed by atoms with Gasteiger partial charge < -0.3 is 0 Å². The molecule has 0 aliphatic heterocycles. The molecule has 6 heteroatoms. The van der Waals surface area contributed by atoms with Gasteiger partial charge in [0, 0.05) is 4.90 Å². The molecule has 0 unspecified atom stereocenters. The van der Waals surface area contributed by atoms with Gasteiger partial charge in [-0.25, -0.2) is 4.68 Å². The minimum atomic E-state index is 0.473. The zero-order valence-corrected chi connectivity index (χ0v) is 10.7. The van der Waals surface area contributed by atoms with E-state index in [0.717, 1.165) is 28.5 Å². The molecule has 5 nitrogen and oxygen atoms in total. The number of benzene rings is 1. The van der Waals surface area contributed by atoms with Crippen LogP contribution in [-0.2, 0) is 0 Å². The van der Waals surface area contributed by atoms with Gasteiger partial charge >= 0.3 is 0 Å². The van der Waals surface area contributed by atoms with Gasteiger partial charge in [-0.1, -0.05) is 0 Å². The molecule has 0 radical (unpaired) electrons. The lowest BCUT2D eigenvalue weighted by atomic mass is 10.2. The van der Waals surface area contributed by atoms with Gasteiger partial charge in [0.2, 0.25) is 5.16 Å². The van der Waals surface area contributed by atoms with E-state index in [1.54, 1.807) is 11.8 Å². The molecule has 0 saturated heterocycles. The molecular weight excluding hydrogens is 246 g/mol. The van der Waals surface area contributed by atoms with Gasteiger partial charge in [-0.15, -0.1) is 5.10 Å². The Bertz CT molecular complexity index is 624. The minimum Gasteiger partial charge on any atom is -0.217 e. The summed E-state index contributed by atoms with van der Waals surface area (Å²) in [5.74, 6) is 0. The van der Waals surface area contributed by atoms with Gasteiger partial charge in [-0.05, 0) is 65.7 Å². The molecule has 1 heterocycles. The molecular formula is C12H11N5S. The van der Waals surface area contributed by atoms with Crippen molar-refractivity contribution in [2.75, 3.05) is 0 Å². The molecule has 3 rings (SSSR count). The second-order valence-corrected chi connectivity index (χ2v) is 5.34. The van der Waals surface area contributed by atoms with Crippen LogP contribution in [0.5, 0.6) is 0 Å². The summed E-state index contributed by atoms with van der Waals surface area (Å²) in [7, 11) is 0. The van der Waals surface area contributed by atoms with Crippen molar-refractivity contribution >= 4 is 11.8 Å². The highest BCUT2D eigenvalue weighted by molar-refractivity contribution is 7.99. The van der Waals surface area contributed by atoms with Crippen molar-refractivity contribution in [3.05, 3.63) is 29.3 Å². The summed E-state index contributed by atoms with van der Waals surface area (Å²) in [6.07, 6.45) is 2.32. The Morgan fingerprint density at radius 3 is 2.94 bits per heavy atom. The Morgan fingerprint density at radius 1 is 1.44 bits per heavy atom. The summed E-state index contributed by atoms with van der Waals surface area (Å²) in [4.78, 5) is 1.09. The summed E-state index contributed by atoms with van der Waals surface area (Å²) < 4.78 is 1.89. The fraction of sp³-hybridized carbons (Fsp3) is 0.333. The van der Waals surface area contributed by atoms with E-state index in [1.807, 2.05) is 29.8 Å². The highest BCUT2D eigenvalue weighted by atomic mass is 32.2. The van der Waals surface area contributed by atoms with Crippen LogP contribution in [0.2, 0.25) is 0 Å². The molecule has 0 amide bonds. The zero-order chi connectivity index (χ0) is 12.5. The lowest BCUT2D eigenvalue weighted by Crippen LogP contribution is -1.98. The van der Waals surface area contributed by atoms with Crippen LogP contribution in [0.4, 0.5) is 0 Å². The Morgan fingerprint density at radius 2 is 2.28 bits per heavy atom. The third-order valence-electron chi connectivity index (χ3n) is 2.86. The highest BCUT2D eigenvalue weighted by Gasteiger charge is 2.28. The molecule has 1 aliphatic carbocycles. The van der Waals surface area contributed by atoms with Gasteiger partial charge in [0.1, 0.15) is 0 Å². The van der Waals surface area contributed by atoms with Crippen LogP contribution in [0.15, 0.2) is 28.3 Å². The van der Waals surface area contributed by atoms with E-state index in [2.05, 4.69) is 21.6 Å². The maximum Gasteiger partial charge on any atom is 0.214 e. The molecule has 2 aromatic rings. The summed E-state index contributed by atoms with van der Waals surface area (Å²) in [6, 6.07) is 8.26. The van der Waals surface area contributed by atoms with Crippen LogP contribution in [-0.4, -0.2) is 20.2 Å². The number of hydrogen-bond acceptors (Lipinski definition) is 5. The van der Waals surface area contributed by atoms with Crippen molar-refractivity contribution in [1.82, 2.24) is 20.2 Å². The van der Waals surface area contributed by atoms with Crippen LogP contribution in [0.3, 0.4) is 0 Å². The van der Waals surface area contributed by atoms with Gasteiger partial charge in [0.25, 0.3) is 0 Å². The maximum absolute atomic E-state index is 8.84. The second-order valence-electron chi connectivity index (χ2n) is 4.33. The average Bonchev–Trinajstić information content (AvgIpc) is 3.12. The van der Waals surface area contributed by atoms with E-state index >= 15 is 0 Å². The fourth-order valence-electron chi connectivity index (χ4n) is 1.73. The Hall–Kier alpha value is -1.87. The van der Waals surface area contributed by atoms with E-state index in [-0.39, 0.29) is 0 Å². The van der Waals surface area contributed by atoms with E-state index in [0.29, 0.717) is 11.6 Å². The highest BCUT2D eigenvalue weighted by Crippen LogP contribution is 2.38. The topological polar surface area (TPSA) is 67.4 Å². The number of nitrogens with zero attached hydrogens (tertiary/aromatic N) is 5. The molecule has 90 valence electrons. The monoisotopic (exact) mass is 257 g/mol. The zero-order valence-electron chi connectivity index (χ0n) is 9.87. The molecule has 0 N–H and O–H groups in total. The normalized spacial score (nSPS) is 14.4.